The Kier molecular flexibility index (Phi) is 5.65. The lowest BCUT2D eigenvalue weighted by molar-refractivity contribution is 0.301. The molecule has 0 heterocycles. The van der Waals surface area contributed by atoms with Gasteiger partial charge in [-0.3, -0.25) is 0 Å². The topological polar surface area (TPSA) is 12.0 Å². The molecule has 0 saturated heterocycles. The van der Waals surface area contributed by atoms with Gasteiger partial charge in [-0.1, -0.05) is 56.7 Å². The van der Waals surface area contributed by atoms with E-state index in [1.165, 1.54) is 55.2 Å². The minimum absolute atomic E-state index is 0.545. The van der Waals surface area contributed by atoms with Crippen LogP contribution in [0.5, 0.6) is 0 Å². The largest absolute Gasteiger partial charge is 0.310 e. The second-order valence-corrected chi connectivity index (χ2v) is 6.66. The van der Waals surface area contributed by atoms with Crippen molar-refractivity contribution < 1.29 is 0 Å². The van der Waals surface area contributed by atoms with Crippen LogP contribution in [-0.2, 0) is 0 Å². The Morgan fingerprint density at radius 2 is 1.65 bits per heavy atom. The predicted molar refractivity (Wildman–Crippen MR) is 88.3 cm³/mol. The third kappa shape index (κ3) is 3.85. The lowest BCUT2D eigenvalue weighted by Crippen LogP contribution is -2.26. The van der Waals surface area contributed by atoms with Gasteiger partial charge in [0.1, 0.15) is 0 Å². The summed E-state index contributed by atoms with van der Waals surface area (Å²) in [4.78, 5) is 0. The van der Waals surface area contributed by atoms with Crippen molar-refractivity contribution in [2.24, 2.45) is 5.92 Å². The molecule has 1 atom stereocenters. The highest BCUT2D eigenvalue weighted by Gasteiger charge is 2.22. The summed E-state index contributed by atoms with van der Waals surface area (Å²) in [5.41, 5.74) is 5.87. The van der Waals surface area contributed by atoms with Gasteiger partial charge in [-0.25, -0.2) is 0 Å². The third-order valence-electron chi connectivity index (χ3n) is 4.83. The monoisotopic (exact) mass is 273 g/mol. The van der Waals surface area contributed by atoms with E-state index in [4.69, 9.17) is 0 Å². The van der Waals surface area contributed by atoms with E-state index in [1.54, 1.807) is 5.56 Å². The molecule has 20 heavy (non-hydrogen) atoms. The lowest BCUT2D eigenvalue weighted by Gasteiger charge is -2.29. The van der Waals surface area contributed by atoms with Gasteiger partial charge >= 0.3 is 0 Å². The average Bonchev–Trinajstić information content (AvgIpc) is 2.39. The van der Waals surface area contributed by atoms with Crippen LogP contribution in [0, 0.1) is 26.7 Å². The van der Waals surface area contributed by atoms with Gasteiger partial charge < -0.3 is 5.32 Å². The van der Waals surface area contributed by atoms with Crippen LogP contribution >= 0.6 is 0 Å². The molecule has 1 aromatic carbocycles. The quantitative estimate of drug-likeness (QED) is 0.774. The molecule has 0 bridgehead atoms. The van der Waals surface area contributed by atoms with E-state index in [0.29, 0.717) is 6.04 Å². The molecule has 1 aliphatic rings. The Morgan fingerprint density at radius 3 is 2.20 bits per heavy atom. The minimum Gasteiger partial charge on any atom is -0.310 e. The molecule has 0 amide bonds. The fourth-order valence-corrected chi connectivity index (χ4v) is 4.05. The summed E-state index contributed by atoms with van der Waals surface area (Å²) >= 11 is 0. The predicted octanol–water partition coefficient (Wildman–Crippen LogP) is 5.23. The van der Waals surface area contributed by atoms with Crippen molar-refractivity contribution >= 4 is 0 Å². The molecule has 2 rings (SSSR count). The van der Waals surface area contributed by atoms with Gasteiger partial charge in [-0.15, -0.1) is 0 Å². The van der Waals surface area contributed by atoms with Gasteiger partial charge in [-0.2, -0.15) is 0 Å². The molecule has 1 unspecified atom stereocenters. The zero-order valence-corrected chi connectivity index (χ0v) is 13.8. The molecule has 0 radical (unpaired) electrons. The summed E-state index contributed by atoms with van der Waals surface area (Å²) < 4.78 is 0. The first-order chi connectivity index (χ1) is 9.61. The van der Waals surface area contributed by atoms with E-state index < -0.39 is 0 Å². The molecule has 1 aliphatic carbocycles. The number of rotatable bonds is 5. The van der Waals surface area contributed by atoms with Crippen molar-refractivity contribution in [1.29, 1.82) is 0 Å². The summed E-state index contributed by atoms with van der Waals surface area (Å²) in [5, 5.41) is 3.75. The van der Waals surface area contributed by atoms with Crippen LogP contribution in [-0.4, -0.2) is 6.54 Å². The average molecular weight is 273 g/mol. The first kappa shape index (κ1) is 15.6. The molecular weight excluding hydrogens is 242 g/mol. The van der Waals surface area contributed by atoms with Crippen LogP contribution in [0.1, 0.15) is 73.7 Å². The highest BCUT2D eigenvalue weighted by atomic mass is 14.9. The smallest absolute Gasteiger partial charge is 0.0328 e. The van der Waals surface area contributed by atoms with E-state index in [2.05, 4.69) is 45.1 Å². The summed E-state index contributed by atoms with van der Waals surface area (Å²) in [6, 6.07) is 5.23. The first-order valence-corrected chi connectivity index (χ1v) is 8.43. The molecule has 1 aromatic rings. The number of benzene rings is 1. The van der Waals surface area contributed by atoms with Crippen molar-refractivity contribution in [2.45, 2.75) is 72.3 Å². The van der Waals surface area contributed by atoms with E-state index in [-0.39, 0.29) is 0 Å². The number of hydrogen-bond acceptors (Lipinski definition) is 1. The Morgan fingerprint density at radius 1 is 1.05 bits per heavy atom. The van der Waals surface area contributed by atoms with Crippen LogP contribution in [0.15, 0.2) is 12.1 Å². The van der Waals surface area contributed by atoms with Gasteiger partial charge in [0.25, 0.3) is 0 Å². The van der Waals surface area contributed by atoms with Crippen molar-refractivity contribution in [1.82, 2.24) is 5.32 Å². The van der Waals surface area contributed by atoms with Gasteiger partial charge in [0, 0.05) is 6.04 Å². The third-order valence-corrected chi connectivity index (χ3v) is 4.83. The van der Waals surface area contributed by atoms with Crippen LogP contribution in [0.25, 0.3) is 0 Å². The molecular formula is C19H31N. The second kappa shape index (κ2) is 7.26. The van der Waals surface area contributed by atoms with Crippen LogP contribution in [0.3, 0.4) is 0 Å². The summed E-state index contributed by atoms with van der Waals surface area (Å²) in [6.07, 6.45) is 8.52. The number of hydrogen-bond donors (Lipinski definition) is 1. The van der Waals surface area contributed by atoms with E-state index >= 15 is 0 Å². The Balaban J connectivity index is 2.19. The maximum Gasteiger partial charge on any atom is 0.0328 e. The van der Waals surface area contributed by atoms with Crippen LogP contribution < -0.4 is 5.32 Å². The fraction of sp³-hybridized carbons (Fsp3) is 0.684. The van der Waals surface area contributed by atoms with Gasteiger partial charge in [0.15, 0.2) is 0 Å². The second-order valence-electron chi connectivity index (χ2n) is 6.66. The van der Waals surface area contributed by atoms with E-state index in [0.717, 1.165) is 12.5 Å². The van der Waals surface area contributed by atoms with Crippen molar-refractivity contribution in [2.75, 3.05) is 6.54 Å². The minimum atomic E-state index is 0.545. The summed E-state index contributed by atoms with van der Waals surface area (Å²) in [5.74, 6) is 0.924. The molecule has 0 aliphatic heterocycles. The molecule has 1 nitrogen and oxygen atoms in total. The van der Waals surface area contributed by atoms with Crippen molar-refractivity contribution in [3.05, 3.63) is 34.4 Å². The highest BCUT2D eigenvalue weighted by Crippen LogP contribution is 2.34. The molecule has 112 valence electrons. The maximum atomic E-state index is 3.75. The van der Waals surface area contributed by atoms with E-state index in [9.17, 15) is 0 Å². The summed E-state index contributed by atoms with van der Waals surface area (Å²) in [6.45, 7) is 10.0. The molecule has 0 aromatic heterocycles. The summed E-state index contributed by atoms with van der Waals surface area (Å²) in [7, 11) is 0. The zero-order chi connectivity index (χ0) is 14.5. The van der Waals surface area contributed by atoms with Gasteiger partial charge in [0.05, 0.1) is 0 Å². The highest BCUT2D eigenvalue weighted by molar-refractivity contribution is 5.39. The van der Waals surface area contributed by atoms with Crippen molar-refractivity contribution in [3.63, 3.8) is 0 Å². The molecule has 1 heteroatoms. The van der Waals surface area contributed by atoms with Crippen LogP contribution in [0.4, 0.5) is 0 Å². The van der Waals surface area contributed by atoms with Gasteiger partial charge in [-0.05, 0) is 56.3 Å². The SMILES string of the molecule is CCNC(CC1CCCCC1)c1c(C)cc(C)cc1C. The number of aryl methyl sites for hydroxylation is 3. The maximum absolute atomic E-state index is 3.75. The Hall–Kier alpha value is -0.820. The molecule has 1 saturated carbocycles. The van der Waals surface area contributed by atoms with Gasteiger partial charge in [0.2, 0.25) is 0 Å². The van der Waals surface area contributed by atoms with Crippen molar-refractivity contribution in [3.8, 4) is 0 Å². The standard InChI is InChI=1S/C19H31N/c1-5-20-18(13-17-9-7-6-8-10-17)19-15(3)11-14(2)12-16(19)4/h11-12,17-18,20H,5-10,13H2,1-4H3. The molecule has 1 N–H and O–H groups in total. The fourth-order valence-electron chi connectivity index (χ4n) is 4.05. The lowest BCUT2D eigenvalue weighted by atomic mass is 9.81. The number of nitrogens with one attached hydrogen (secondary N) is 1. The molecule has 1 fully saturated rings. The zero-order valence-electron chi connectivity index (χ0n) is 13.8. The Bertz CT molecular complexity index is 406. The molecule has 0 spiro atoms. The first-order valence-electron chi connectivity index (χ1n) is 8.43. The van der Waals surface area contributed by atoms with Crippen LogP contribution in [0.2, 0.25) is 0 Å². The normalized spacial score (nSPS) is 18.2. The Labute approximate surface area is 125 Å². The van der Waals surface area contributed by atoms with E-state index in [1.807, 2.05) is 0 Å².